The van der Waals surface area contributed by atoms with Crippen LogP contribution in [0, 0.1) is 0 Å². The van der Waals surface area contributed by atoms with Crippen LogP contribution >= 0.6 is 11.6 Å². The van der Waals surface area contributed by atoms with E-state index >= 15 is 0 Å². The number of piperazine rings is 2. The number of alkyl halides is 3. The maximum atomic E-state index is 14.3. The van der Waals surface area contributed by atoms with Crippen molar-refractivity contribution in [1.29, 1.82) is 0 Å². The number of benzene rings is 1. The molecular formula is C33H39ClF3N11O4. The quantitative estimate of drug-likeness (QED) is 0.278. The molecule has 278 valence electrons. The second-order valence-corrected chi connectivity index (χ2v) is 13.8. The van der Waals surface area contributed by atoms with Crippen LogP contribution in [-0.4, -0.2) is 110 Å². The van der Waals surface area contributed by atoms with Gasteiger partial charge in [0.25, 0.3) is 17.0 Å². The third-order valence-corrected chi connectivity index (χ3v) is 10.5. The summed E-state index contributed by atoms with van der Waals surface area (Å²) in [5, 5.41) is 9.86. The van der Waals surface area contributed by atoms with E-state index in [0.29, 0.717) is 36.8 Å². The summed E-state index contributed by atoms with van der Waals surface area (Å²) in [6.45, 7) is 5.31. The lowest BCUT2D eigenvalue weighted by Crippen LogP contribution is -2.51. The largest absolute Gasteiger partial charge is 0.416 e. The van der Waals surface area contributed by atoms with Gasteiger partial charge in [0.1, 0.15) is 17.8 Å². The van der Waals surface area contributed by atoms with Crippen LogP contribution in [0.3, 0.4) is 0 Å². The number of carbonyl (C=O) groups excluding carboxylic acids is 2. The highest BCUT2D eigenvalue weighted by atomic mass is 35.5. The first kappa shape index (κ1) is 35.6. The van der Waals surface area contributed by atoms with Gasteiger partial charge in [-0.05, 0) is 50.9 Å². The van der Waals surface area contributed by atoms with Gasteiger partial charge in [0.05, 0.1) is 28.0 Å². The topological polar surface area (TPSA) is 149 Å². The first-order chi connectivity index (χ1) is 24.8. The van der Waals surface area contributed by atoms with E-state index in [0.717, 1.165) is 50.6 Å². The third kappa shape index (κ3) is 6.64. The highest BCUT2D eigenvalue weighted by Gasteiger charge is 2.33. The molecule has 0 unspecified atom stereocenters. The first-order valence-corrected chi connectivity index (χ1v) is 17.7. The molecule has 0 bridgehead atoms. The minimum atomic E-state index is -4.60. The Hall–Kier alpha value is -4.84. The van der Waals surface area contributed by atoms with Crippen molar-refractivity contribution in [3.05, 3.63) is 66.9 Å². The van der Waals surface area contributed by atoms with Crippen LogP contribution in [-0.2, 0) is 23.9 Å². The first-order valence-electron chi connectivity index (χ1n) is 17.3. The van der Waals surface area contributed by atoms with Gasteiger partial charge in [0.15, 0.2) is 0 Å². The summed E-state index contributed by atoms with van der Waals surface area (Å²) < 4.78 is 44.0. The Kier molecular flexibility index (Phi) is 9.54. The molecule has 1 aromatic carbocycles. The molecule has 2 amide bonds. The van der Waals surface area contributed by atoms with Crippen LogP contribution in [0.4, 0.5) is 30.5 Å². The Morgan fingerprint density at radius 2 is 1.69 bits per heavy atom. The van der Waals surface area contributed by atoms with Crippen molar-refractivity contribution in [3.63, 3.8) is 0 Å². The second-order valence-electron chi connectivity index (χ2n) is 13.4. The average Bonchev–Trinajstić information content (AvgIpc) is 3.70. The van der Waals surface area contributed by atoms with Crippen molar-refractivity contribution in [2.24, 2.45) is 0 Å². The number of nitrogens with zero attached hydrogens (tertiary/aromatic N) is 9. The molecule has 3 aliphatic rings. The number of carbonyl (C=O) groups is 2. The molecule has 2 N–H and O–H groups in total. The molecule has 2 saturated heterocycles. The van der Waals surface area contributed by atoms with Crippen LogP contribution in [0.15, 0.2) is 34.0 Å². The molecule has 1 saturated carbocycles. The fourth-order valence-corrected chi connectivity index (χ4v) is 7.17. The summed E-state index contributed by atoms with van der Waals surface area (Å²) in [4.78, 5) is 66.5. The fourth-order valence-electron chi connectivity index (χ4n) is 6.94. The van der Waals surface area contributed by atoms with Gasteiger partial charge in [-0.15, -0.1) is 5.10 Å². The fraction of sp³-hybridized carbons (Fsp3) is 0.515. The SMILES string of the molecule is CCc1c(N2CCN(C(=O)c3c[nH]n(C4CCC4)c3=O)CC2)c(=O)n2nc(N3CCN(C)CC3)nc2n1CC(=O)Nc1ccc(C(F)(F)F)cc1Cl. The van der Waals surface area contributed by atoms with Crippen LogP contribution in [0.5, 0.6) is 0 Å². The summed E-state index contributed by atoms with van der Waals surface area (Å²) in [7, 11) is 2.01. The van der Waals surface area contributed by atoms with Crippen molar-refractivity contribution in [2.45, 2.75) is 51.4 Å². The molecule has 1 aliphatic carbocycles. The summed E-state index contributed by atoms with van der Waals surface area (Å²) >= 11 is 6.14. The molecule has 52 heavy (non-hydrogen) atoms. The number of likely N-dealkylation sites (N-methyl/N-ethyl adjacent to an activating group) is 1. The van der Waals surface area contributed by atoms with Gasteiger partial charge in [0.2, 0.25) is 17.6 Å². The summed E-state index contributed by atoms with van der Waals surface area (Å²) in [5.74, 6) is -0.517. The summed E-state index contributed by atoms with van der Waals surface area (Å²) in [6, 6.07) is 2.75. The number of anilines is 3. The molecule has 15 nitrogen and oxygen atoms in total. The molecular weight excluding hydrogens is 707 g/mol. The van der Waals surface area contributed by atoms with Gasteiger partial charge in [-0.2, -0.15) is 22.7 Å². The lowest BCUT2D eigenvalue weighted by atomic mass is 9.93. The molecule has 5 heterocycles. The van der Waals surface area contributed by atoms with Gasteiger partial charge < -0.3 is 34.6 Å². The van der Waals surface area contributed by atoms with Crippen molar-refractivity contribution in [1.82, 2.24) is 38.7 Å². The van der Waals surface area contributed by atoms with Crippen molar-refractivity contribution < 1.29 is 22.8 Å². The molecule has 3 fully saturated rings. The van der Waals surface area contributed by atoms with Crippen LogP contribution < -0.4 is 26.2 Å². The Morgan fingerprint density at radius 3 is 2.31 bits per heavy atom. The number of rotatable bonds is 8. The van der Waals surface area contributed by atoms with Crippen LogP contribution in [0.1, 0.15) is 53.8 Å². The summed E-state index contributed by atoms with van der Waals surface area (Å²) in [5.41, 5.74) is -0.846. The van der Waals surface area contributed by atoms with Crippen molar-refractivity contribution in [2.75, 3.05) is 74.5 Å². The lowest BCUT2D eigenvalue weighted by Gasteiger charge is -2.36. The van der Waals surface area contributed by atoms with E-state index in [1.807, 2.05) is 23.8 Å². The van der Waals surface area contributed by atoms with E-state index in [1.165, 1.54) is 15.4 Å². The molecule has 19 heteroatoms. The monoisotopic (exact) mass is 745 g/mol. The highest BCUT2D eigenvalue weighted by Crippen LogP contribution is 2.34. The van der Waals surface area contributed by atoms with E-state index in [1.54, 1.807) is 9.47 Å². The predicted molar refractivity (Wildman–Crippen MR) is 187 cm³/mol. The number of nitrogens with one attached hydrogen (secondary N) is 2. The Labute approximate surface area is 300 Å². The van der Waals surface area contributed by atoms with Gasteiger partial charge in [-0.3, -0.25) is 19.2 Å². The number of aromatic amines is 1. The van der Waals surface area contributed by atoms with E-state index in [-0.39, 0.29) is 72.3 Å². The zero-order valence-electron chi connectivity index (χ0n) is 28.7. The van der Waals surface area contributed by atoms with Gasteiger partial charge in [-0.1, -0.05) is 18.5 Å². The minimum Gasteiger partial charge on any atom is -0.362 e. The number of amides is 2. The normalized spacial score (nSPS) is 17.5. The number of aromatic nitrogens is 6. The van der Waals surface area contributed by atoms with Crippen molar-refractivity contribution >= 4 is 46.5 Å². The van der Waals surface area contributed by atoms with Crippen LogP contribution in [0.2, 0.25) is 5.02 Å². The molecule has 4 aromatic rings. The van der Waals surface area contributed by atoms with Gasteiger partial charge in [0, 0.05) is 58.6 Å². The van der Waals surface area contributed by atoms with Crippen molar-refractivity contribution in [3.8, 4) is 0 Å². The average molecular weight is 746 g/mol. The smallest absolute Gasteiger partial charge is 0.362 e. The standard InChI is InChI=1S/C33H39ClF3N11O4/c1-3-25-27(43-13-15-44(16-14-43)28(50)22-18-38-47(29(22)51)21-5-4-6-21)30(52)48-32(40-31(41-48)45-11-9-42(2)10-12-45)46(25)19-26(49)39-24-8-7-20(17-23(24)34)33(35,36)37/h7-8,17-18,21,38H,3-6,9-16,19H2,1-2H3,(H,39,49). The number of H-pyrrole nitrogens is 1. The maximum Gasteiger partial charge on any atom is 0.416 e. The predicted octanol–water partition coefficient (Wildman–Crippen LogP) is 2.69. The van der Waals surface area contributed by atoms with E-state index < -0.39 is 23.2 Å². The Morgan fingerprint density at radius 1 is 1.00 bits per heavy atom. The molecule has 7 rings (SSSR count). The maximum absolute atomic E-state index is 14.3. The lowest BCUT2D eigenvalue weighted by molar-refractivity contribution is -0.137. The van der Waals surface area contributed by atoms with E-state index in [9.17, 15) is 32.3 Å². The zero-order chi connectivity index (χ0) is 36.9. The van der Waals surface area contributed by atoms with E-state index in [2.05, 4.69) is 20.4 Å². The zero-order valence-corrected chi connectivity index (χ0v) is 29.5. The third-order valence-electron chi connectivity index (χ3n) is 10.2. The highest BCUT2D eigenvalue weighted by molar-refractivity contribution is 6.33. The minimum absolute atomic E-state index is 0.00254. The molecule has 3 aromatic heterocycles. The summed E-state index contributed by atoms with van der Waals surface area (Å²) in [6.07, 6.45) is -0.00725. The Balaban J connectivity index is 1.19. The number of fused-ring (bicyclic) bond motifs is 1. The molecule has 0 spiro atoms. The number of halogens is 4. The molecule has 0 radical (unpaired) electrons. The van der Waals surface area contributed by atoms with Gasteiger partial charge in [-0.25, -0.2) is 4.68 Å². The van der Waals surface area contributed by atoms with Crippen LogP contribution in [0.25, 0.3) is 5.78 Å². The molecule has 0 atom stereocenters. The molecule has 2 aliphatic heterocycles. The van der Waals surface area contributed by atoms with E-state index in [4.69, 9.17) is 16.6 Å². The number of hydrogen-bond donors (Lipinski definition) is 2. The number of hydrogen-bond acceptors (Lipinski definition) is 9. The Bertz CT molecular complexity index is 2120. The second kappa shape index (κ2) is 13.9. The van der Waals surface area contributed by atoms with Gasteiger partial charge >= 0.3 is 6.18 Å².